The van der Waals surface area contributed by atoms with Crippen LogP contribution in [0.3, 0.4) is 0 Å². The Balaban J connectivity index is 1.90. The van der Waals surface area contributed by atoms with Crippen LogP contribution in [0.1, 0.15) is 48.0 Å². The fourth-order valence-corrected chi connectivity index (χ4v) is 7.38. The second-order valence-electron chi connectivity index (χ2n) is 15.7. The summed E-state index contributed by atoms with van der Waals surface area (Å²) in [6.45, 7) is 6.90. The van der Waals surface area contributed by atoms with Gasteiger partial charge < -0.3 is 99.8 Å². The van der Waals surface area contributed by atoms with Gasteiger partial charge in [0.05, 0.1) is 44.7 Å². The lowest BCUT2D eigenvalue weighted by Crippen LogP contribution is -2.70. The van der Waals surface area contributed by atoms with Gasteiger partial charge in [-0.1, -0.05) is 27.7 Å². The molecule has 0 bridgehead atoms. The predicted octanol–water partition coefficient (Wildman–Crippen LogP) is -5.09. The van der Waals surface area contributed by atoms with E-state index in [1.807, 2.05) is 27.7 Å². The van der Waals surface area contributed by atoms with Crippen LogP contribution in [0.4, 0.5) is 4.79 Å². The number of ether oxygens (including phenoxy) is 8. The number of methoxy groups -OCH3 is 1. The summed E-state index contributed by atoms with van der Waals surface area (Å²) < 4.78 is 45.8. The Morgan fingerprint density at radius 3 is 1.97 bits per heavy atom. The smallest absolute Gasteiger partial charge is 0.407 e. The van der Waals surface area contributed by atoms with Crippen molar-refractivity contribution in [2.45, 2.75) is 152 Å². The van der Waals surface area contributed by atoms with Crippen molar-refractivity contribution in [3.8, 4) is 0 Å². The van der Waals surface area contributed by atoms with E-state index in [9.17, 15) is 60.3 Å². The fourth-order valence-electron chi connectivity index (χ4n) is 7.38. The van der Waals surface area contributed by atoms with Gasteiger partial charge in [-0.3, -0.25) is 9.59 Å². The molecule has 3 rings (SSSR count). The van der Waals surface area contributed by atoms with E-state index in [4.69, 9.17) is 37.9 Å². The van der Waals surface area contributed by atoms with Gasteiger partial charge in [0.15, 0.2) is 18.4 Å². The molecule has 3 aliphatic heterocycles. The zero-order valence-corrected chi connectivity index (χ0v) is 34.4. The van der Waals surface area contributed by atoms with Crippen molar-refractivity contribution in [1.29, 1.82) is 0 Å². The number of alkyl carbamates (subject to hydrolysis) is 1. The van der Waals surface area contributed by atoms with Gasteiger partial charge in [-0.25, -0.2) is 4.79 Å². The number of hydrogen-bond donors (Lipinski definition) is 12. The highest BCUT2D eigenvalue weighted by molar-refractivity contribution is 5.82. The van der Waals surface area contributed by atoms with Crippen LogP contribution in [0.2, 0.25) is 0 Å². The molecule has 23 heteroatoms. The first-order valence-corrected chi connectivity index (χ1v) is 19.6. The number of aliphatic hydroxyl groups is 9. The van der Waals surface area contributed by atoms with Crippen LogP contribution in [0.25, 0.3) is 0 Å². The second-order valence-corrected chi connectivity index (χ2v) is 15.7. The van der Waals surface area contributed by atoms with Crippen LogP contribution >= 0.6 is 0 Å². The topological polar surface area (TPSA) is 343 Å². The number of hydrogen-bond acceptors (Lipinski definition) is 20. The third-order valence-electron chi connectivity index (χ3n) is 10.2. The highest BCUT2D eigenvalue weighted by Gasteiger charge is 2.56. The van der Waals surface area contributed by atoms with Crippen LogP contribution in [0, 0.1) is 11.8 Å². The third-order valence-corrected chi connectivity index (χ3v) is 10.2. The van der Waals surface area contributed by atoms with Crippen molar-refractivity contribution >= 4 is 17.9 Å². The van der Waals surface area contributed by atoms with Crippen molar-refractivity contribution in [2.75, 3.05) is 46.7 Å². The molecule has 0 aromatic rings. The maximum absolute atomic E-state index is 12.8. The molecule has 59 heavy (non-hydrogen) atoms. The van der Waals surface area contributed by atoms with E-state index in [1.165, 1.54) is 21.0 Å². The summed E-state index contributed by atoms with van der Waals surface area (Å²) in [6, 6.07) is -2.76. The number of carbonyl (C=O) groups excluding carboxylic acids is 3. The Hall–Kier alpha value is -2.43. The van der Waals surface area contributed by atoms with Crippen LogP contribution in [0.15, 0.2) is 0 Å². The maximum atomic E-state index is 12.8. The van der Waals surface area contributed by atoms with Crippen LogP contribution in [-0.4, -0.2) is 214 Å². The van der Waals surface area contributed by atoms with Crippen molar-refractivity contribution in [3.05, 3.63) is 0 Å². The zero-order chi connectivity index (χ0) is 44.4. The molecule has 0 saturated carbocycles. The average Bonchev–Trinajstić information content (AvgIpc) is 3.17. The van der Waals surface area contributed by atoms with E-state index in [0.29, 0.717) is 0 Å². The Bertz CT molecular complexity index is 1310. The molecule has 23 nitrogen and oxygen atoms in total. The van der Waals surface area contributed by atoms with Crippen LogP contribution < -0.4 is 16.0 Å². The third kappa shape index (κ3) is 13.5. The molecule has 5 unspecified atom stereocenters. The second kappa shape index (κ2) is 23.1. The molecule has 16 atom stereocenters. The largest absolute Gasteiger partial charge is 0.447 e. The lowest BCUT2D eigenvalue weighted by atomic mass is 9.88. The van der Waals surface area contributed by atoms with Gasteiger partial charge >= 0.3 is 6.09 Å². The summed E-state index contributed by atoms with van der Waals surface area (Å²) in [5.41, 5.74) is 0. The van der Waals surface area contributed by atoms with E-state index >= 15 is 0 Å². The molecule has 0 radical (unpaired) electrons. The van der Waals surface area contributed by atoms with Gasteiger partial charge in [0.25, 0.3) is 0 Å². The minimum atomic E-state index is -2.07. The molecule has 0 spiro atoms. The summed E-state index contributed by atoms with van der Waals surface area (Å²) in [5.74, 6) is -3.60. The molecule has 0 aromatic heterocycles. The fraction of sp³-hybridized carbons (Fsp3) is 0.917. The number of nitrogens with one attached hydrogen (secondary N) is 3. The number of carbonyl (C=O) groups is 3. The monoisotopic (exact) mass is 859 g/mol. The number of rotatable bonds is 20. The van der Waals surface area contributed by atoms with Crippen LogP contribution in [-0.2, 0) is 47.5 Å². The van der Waals surface area contributed by atoms with Gasteiger partial charge in [0.2, 0.25) is 11.8 Å². The van der Waals surface area contributed by atoms with Gasteiger partial charge in [-0.05, 0) is 18.8 Å². The molecule has 12 N–H and O–H groups in total. The minimum Gasteiger partial charge on any atom is -0.447 e. The standard InChI is InChI=1S/C36H65N3O20/c1-15(2)29(16(3)4)56-33-24(38-17(5)43)30(26(48)20(13-41)54-33)57-34-28(50)32(27(49)21(14-42)55-34)59-36(6)10-18(44)23(31(58-36)25(47)19(45)12-40)39-22(46)11-37-35(51)53-9-8-52-7/h15-16,18-21,23-34,40-42,44-45,47-50H,8-14H2,1-7H3,(H,37,51)(H,38,43)(H,39,46)/t18-,19-,20?,21?,23-,24?,25-,26+,27+,28?,30-,31?,32+,33-,34+,36-/m1/s1. The Morgan fingerprint density at radius 1 is 0.831 bits per heavy atom. The maximum Gasteiger partial charge on any atom is 0.407 e. The summed E-state index contributed by atoms with van der Waals surface area (Å²) in [6.07, 6.45) is -23.9. The van der Waals surface area contributed by atoms with E-state index in [-0.39, 0.29) is 25.0 Å². The minimum absolute atomic E-state index is 0.0382. The SMILES string of the molecule is COCCOC(=O)NCC(=O)N[C@H]1C([C@H](O)[C@H](O)CO)O[C@](C)(O[C@@H]2C(O)[C@H](O[C@@H]3C(NC(C)=O)[C@@H](OC(C(C)C)C(C)C)OC(CO)[C@@H]3O)OC(CO)[C@@H]2O)C[C@H]1O. The van der Waals surface area contributed by atoms with Crippen LogP contribution in [0.5, 0.6) is 0 Å². The lowest BCUT2D eigenvalue weighted by Gasteiger charge is -2.51. The highest BCUT2D eigenvalue weighted by Crippen LogP contribution is 2.38. The molecule has 3 fully saturated rings. The molecule has 3 heterocycles. The zero-order valence-electron chi connectivity index (χ0n) is 34.4. The van der Waals surface area contributed by atoms with Crippen molar-refractivity contribution in [3.63, 3.8) is 0 Å². The summed E-state index contributed by atoms with van der Waals surface area (Å²) >= 11 is 0. The van der Waals surface area contributed by atoms with Gasteiger partial charge in [-0.15, -0.1) is 0 Å². The summed E-state index contributed by atoms with van der Waals surface area (Å²) in [5, 5.41) is 104. The van der Waals surface area contributed by atoms with E-state index in [2.05, 4.69) is 16.0 Å². The molecule has 0 aliphatic carbocycles. The highest BCUT2D eigenvalue weighted by atomic mass is 16.8. The van der Waals surface area contributed by atoms with E-state index < -0.39 is 154 Å². The number of amides is 3. The first-order chi connectivity index (χ1) is 27.7. The van der Waals surface area contributed by atoms with Crippen molar-refractivity contribution < 1.29 is 98.2 Å². The average molecular weight is 860 g/mol. The van der Waals surface area contributed by atoms with E-state index in [0.717, 1.165) is 0 Å². The van der Waals surface area contributed by atoms with E-state index in [1.54, 1.807) is 0 Å². The van der Waals surface area contributed by atoms with Gasteiger partial charge in [-0.2, -0.15) is 0 Å². The Labute approximate surface area is 342 Å². The van der Waals surface area contributed by atoms with Gasteiger partial charge in [0, 0.05) is 20.5 Å². The molecule has 3 aliphatic rings. The van der Waals surface area contributed by atoms with Crippen molar-refractivity contribution in [1.82, 2.24) is 16.0 Å². The Kier molecular flexibility index (Phi) is 20.0. The molecule has 0 aromatic carbocycles. The molecular weight excluding hydrogens is 794 g/mol. The number of aliphatic hydroxyl groups excluding tert-OH is 9. The molecule has 344 valence electrons. The predicted molar refractivity (Wildman–Crippen MR) is 198 cm³/mol. The van der Waals surface area contributed by atoms with Crippen molar-refractivity contribution in [2.24, 2.45) is 11.8 Å². The molecular formula is C36H65N3O20. The lowest BCUT2D eigenvalue weighted by molar-refractivity contribution is -0.385. The summed E-state index contributed by atoms with van der Waals surface area (Å²) in [4.78, 5) is 37.2. The Morgan fingerprint density at radius 2 is 1.42 bits per heavy atom. The molecule has 3 saturated heterocycles. The first kappa shape index (κ1) is 50.9. The quantitative estimate of drug-likeness (QED) is 0.0510. The normalized spacial score (nSPS) is 36.3. The first-order valence-electron chi connectivity index (χ1n) is 19.6. The summed E-state index contributed by atoms with van der Waals surface area (Å²) in [7, 11) is 1.40. The van der Waals surface area contributed by atoms with Gasteiger partial charge in [0.1, 0.15) is 80.2 Å². The molecule has 3 amide bonds.